The third-order valence-electron chi connectivity index (χ3n) is 8.24. The van der Waals surface area contributed by atoms with Crippen molar-refractivity contribution in [2.24, 2.45) is 0 Å². The molecule has 2 aliphatic carbocycles. The number of methoxy groups -OCH3 is 1. The van der Waals surface area contributed by atoms with Crippen LogP contribution in [0.3, 0.4) is 0 Å². The summed E-state index contributed by atoms with van der Waals surface area (Å²) in [7, 11) is 1.62. The molecule has 1 saturated heterocycles. The van der Waals surface area contributed by atoms with Crippen molar-refractivity contribution in [3.05, 3.63) is 80.1 Å². The molecule has 0 bridgehead atoms. The number of carbonyl (C=O) groups is 2. The van der Waals surface area contributed by atoms with E-state index in [0.717, 1.165) is 42.2 Å². The van der Waals surface area contributed by atoms with Gasteiger partial charge < -0.3 is 24.8 Å². The van der Waals surface area contributed by atoms with Crippen LogP contribution in [0.1, 0.15) is 76.5 Å². The van der Waals surface area contributed by atoms with Crippen LogP contribution < -0.4 is 16.2 Å². The summed E-state index contributed by atoms with van der Waals surface area (Å²) in [6, 6.07) is 6.91. The number of pyridine rings is 2. The maximum absolute atomic E-state index is 15.5. The number of amides is 2. The van der Waals surface area contributed by atoms with Crippen LogP contribution in [0.25, 0.3) is 11.1 Å². The molecule has 238 valence electrons. The first kappa shape index (κ1) is 31.3. The molecule has 0 unspecified atom stereocenters. The van der Waals surface area contributed by atoms with Crippen LogP contribution in [0.5, 0.6) is 0 Å². The summed E-state index contributed by atoms with van der Waals surface area (Å²) in [5, 5.41) is 5.93. The van der Waals surface area contributed by atoms with Gasteiger partial charge in [-0.05, 0) is 74.1 Å². The Balaban J connectivity index is 1.33. The van der Waals surface area contributed by atoms with Crippen molar-refractivity contribution >= 4 is 29.2 Å². The fourth-order valence-corrected chi connectivity index (χ4v) is 5.65. The molecule has 45 heavy (non-hydrogen) atoms. The predicted molar refractivity (Wildman–Crippen MR) is 163 cm³/mol. The number of ether oxygens (including phenoxy) is 1. The van der Waals surface area contributed by atoms with E-state index in [1.807, 2.05) is 6.92 Å². The Morgan fingerprint density at radius 1 is 1.11 bits per heavy atom. The number of aromatic nitrogens is 2. The van der Waals surface area contributed by atoms with E-state index < -0.39 is 42.2 Å². The van der Waals surface area contributed by atoms with Gasteiger partial charge in [-0.15, -0.1) is 0 Å². The molecule has 3 aromatic rings. The molecular formula is C32H33ClF3N5O4. The largest absolute Gasteiger partial charge is 0.380 e. The second-order valence-corrected chi connectivity index (χ2v) is 12.5. The summed E-state index contributed by atoms with van der Waals surface area (Å²) in [5.74, 6) is -5.15. The Bertz CT molecular complexity index is 1720. The van der Waals surface area contributed by atoms with Gasteiger partial charge in [-0.3, -0.25) is 14.4 Å². The number of hydrogen-bond acceptors (Lipinski definition) is 6. The minimum Gasteiger partial charge on any atom is -0.380 e. The highest BCUT2D eigenvalue weighted by Gasteiger charge is 2.47. The molecule has 1 aromatic carbocycles. The molecule has 13 heteroatoms. The monoisotopic (exact) mass is 643 g/mol. The average molecular weight is 644 g/mol. The molecule has 3 aliphatic rings. The lowest BCUT2D eigenvalue weighted by Gasteiger charge is -2.39. The molecular weight excluding hydrogens is 611 g/mol. The van der Waals surface area contributed by atoms with Gasteiger partial charge in [0.15, 0.2) is 0 Å². The van der Waals surface area contributed by atoms with E-state index in [1.165, 1.54) is 12.1 Å². The highest BCUT2D eigenvalue weighted by atomic mass is 35.5. The van der Waals surface area contributed by atoms with E-state index in [0.29, 0.717) is 18.8 Å². The first-order valence-electron chi connectivity index (χ1n) is 14.9. The smallest absolute Gasteiger partial charge is 0.282 e. The predicted octanol–water partition coefficient (Wildman–Crippen LogP) is 5.38. The second-order valence-electron chi connectivity index (χ2n) is 12.1. The van der Waals surface area contributed by atoms with Crippen LogP contribution in [0.15, 0.2) is 41.3 Å². The molecule has 2 N–H and O–H groups in total. The Hall–Kier alpha value is -3.74. The number of nitrogens with zero attached hydrogens (tertiary/aromatic N) is 3. The zero-order valence-electron chi connectivity index (χ0n) is 24.8. The molecule has 2 saturated carbocycles. The van der Waals surface area contributed by atoms with Crippen molar-refractivity contribution in [1.29, 1.82) is 0 Å². The molecule has 2 amide bonds. The van der Waals surface area contributed by atoms with Gasteiger partial charge in [-0.2, -0.15) is 0 Å². The maximum atomic E-state index is 15.5. The highest BCUT2D eigenvalue weighted by Crippen LogP contribution is 2.42. The average Bonchev–Trinajstić information content (AvgIpc) is 3.89. The topological polar surface area (TPSA) is 106 Å². The minimum absolute atomic E-state index is 0.0192. The number of benzene rings is 1. The van der Waals surface area contributed by atoms with Crippen LogP contribution in [-0.2, 0) is 11.3 Å². The van der Waals surface area contributed by atoms with E-state index in [-0.39, 0.29) is 51.2 Å². The summed E-state index contributed by atoms with van der Waals surface area (Å²) >= 11 is 6.09. The number of likely N-dealkylation sites (tertiary alicyclic amines) is 1. The van der Waals surface area contributed by atoms with E-state index in [1.54, 1.807) is 30.0 Å². The first-order chi connectivity index (χ1) is 21.4. The first-order valence-corrected chi connectivity index (χ1v) is 15.3. The molecule has 2 aromatic heterocycles. The second kappa shape index (κ2) is 12.2. The van der Waals surface area contributed by atoms with E-state index >= 15 is 4.39 Å². The Kier molecular flexibility index (Phi) is 8.49. The highest BCUT2D eigenvalue weighted by molar-refractivity contribution is 6.31. The van der Waals surface area contributed by atoms with Gasteiger partial charge >= 0.3 is 0 Å². The van der Waals surface area contributed by atoms with E-state index in [9.17, 15) is 23.2 Å². The molecule has 3 fully saturated rings. The van der Waals surface area contributed by atoms with Crippen molar-refractivity contribution in [3.63, 3.8) is 0 Å². The lowest BCUT2D eigenvalue weighted by atomic mass is 9.96. The van der Waals surface area contributed by atoms with Crippen LogP contribution in [-0.4, -0.2) is 65.0 Å². The van der Waals surface area contributed by atoms with Crippen molar-refractivity contribution in [2.75, 3.05) is 32.1 Å². The van der Waals surface area contributed by atoms with Crippen molar-refractivity contribution in [2.45, 2.75) is 63.1 Å². The summed E-state index contributed by atoms with van der Waals surface area (Å²) in [5.41, 5.74) is 0.765. The number of hydrogen-bond donors (Lipinski definition) is 2. The van der Waals surface area contributed by atoms with Crippen molar-refractivity contribution in [1.82, 2.24) is 19.8 Å². The summed E-state index contributed by atoms with van der Waals surface area (Å²) in [4.78, 5) is 45.7. The molecule has 1 aliphatic heterocycles. The number of halogens is 4. The normalized spacial score (nSPS) is 18.0. The van der Waals surface area contributed by atoms with Crippen LogP contribution in [0, 0.1) is 5.82 Å². The molecule has 1 atom stereocenters. The maximum Gasteiger partial charge on any atom is 0.282 e. The van der Waals surface area contributed by atoms with Crippen molar-refractivity contribution < 1.29 is 27.5 Å². The Labute approximate surface area is 262 Å². The van der Waals surface area contributed by atoms with Gasteiger partial charge in [0.1, 0.15) is 17.2 Å². The van der Waals surface area contributed by atoms with Crippen LogP contribution in [0.4, 0.5) is 19.0 Å². The van der Waals surface area contributed by atoms with E-state index in [4.69, 9.17) is 16.3 Å². The van der Waals surface area contributed by atoms with Gasteiger partial charge in [0, 0.05) is 54.6 Å². The quantitative estimate of drug-likeness (QED) is 0.291. The third-order valence-corrected chi connectivity index (χ3v) is 8.45. The standard InChI is InChI=1S/C32H33ClF3N5O4/c1-17(45-2)12-37-13-18-7-24(31(44)41(14-18)22-5-6-22)29(42)39-27-9-20(8-26(38-27)19-3-4-19)28-23(10-21(33)11-25(28)34)30(43)40-15-32(35,36)16-40/h7-11,14,17,19,22,37H,3-6,12-13,15-16H2,1-2H3,(H,38,39,42)/t17-/m0/s1. The summed E-state index contributed by atoms with van der Waals surface area (Å²) in [6.45, 7) is 1.36. The zero-order chi connectivity index (χ0) is 32.0. The number of carbonyl (C=O) groups excluding carboxylic acids is 2. The zero-order valence-corrected chi connectivity index (χ0v) is 25.6. The van der Waals surface area contributed by atoms with Gasteiger partial charge in [-0.1, -0.05) is 11.6 Å². The number of nitrogens with one attached hydrogen (secondary N) is 2. The summed E-state index contributed by atoms with van der Waals surface area (Å²) < 4.78 is 49.5. The van der Waals surface area contributed by atoms with Crippen LogP contribution in [0.2, 0.25) is 5.02 Å². The van der Waals surface area contributed by atoms with Crippen molar-refractivity contribution in [3.8, 4) is 11.1 Å². The Morgan fingerprint density at radius 2 is 1.84 bits per heavy atom. The lowest BCUT2D eigenvalue weighted by Crippen LogP contribution is -2.58. The Morgan fingerprint density at radius 3 is 2.49 bits per heavy atom. The molecule has 0 spiro atoms. The third kappa shape index (κ3) is 6.92. The molecule has 3 heterocycles. The summed E-state index contributed by atoms with van der Waals surface area (Å²) in [6.07, 6.45) is 5.11. The molecule has 6 rings (SSSR count). The van der Waals surface area contributed by atoms with Gasteiger partial charge in [0.25, 0.3) is 23.3 Å². The SMILES string of the molecule is CO[C@@H](C)CNCc1cc(C(=O)Nc2cc(-c3c(F)cc(Cl)cc3C(=O)N3CC(F)(F)C3)cc(C3CC3)n2)c(=O)n(C2CC2)c1. The molecule has 9 nitrogen and oxygen atoms in total. The van der Waals surface area contributed by atoms with Crippen LogP contribution >= 0.6 is 11.6 Å². The van der Waals surface area contributed by atoms with Gasteiger partial charge in [0.2, 0.25) is 0 Å². The molecule has 0 radical (unpaired) electrons. The fraction of sp³-hybridized carbons (Fsp3) is 0.438. The van der Waals surface area contributed by atoms with Gasteiger partial charge in [-0.25, -0.2) is 18.2 Å². The lowest BCUT2D eigenvalue weighted by molar-refractivity contribution is -0.113. The fourth-order valence-electron chi connectivity index (χ4n) is 5.44. The number of anilines is 1. The van der Waals surface area contributed by atoms with Gasteiger partial charge in [0.05, 0.1) is 24.8 Å². The minimum atomic E-state index is -3.01. The van der Waals surface area contributed by atoms with E-state index in [2.05, 4.69) is 15.6 Å². The number of rotatable bonds is 11. The number of alkyl halides is 2.